The number of carbonyl (C=O) groups is 1. The lowest BCUT2D eigenvalue weighted by Gasteiger charge is -2.32. The summed E-state index contributed by atoms with van der Waals surface area (Å²) in [5, 5.41) is 10.6. The van der Waals surface area contributed by atoms with Gasteiger partial charge < -0.3 is 10.6 Å². The molecule has 0 aromatic carbocycles. The number of nitrogens with one attached hydrogen (secondary N) is 2. The summed E-state index contributed by atoms with van der Waals surface area (Å²) in [4.78, 5) is 16.1. The lowest BCUT2D eigenvalue weighted by atomic mass is 9.79. The summed E-state index contributed by atoms with van der Waals surface area (Å²) in [6.07, 6.45) is 6.47. The molecule has 1 aromatic rings. The van der Waals surface area contributed by atoms with Crippen LogP contribution < -0.4 is 10.6 Å². The minimum atomic E-state index is -0.290. The fourth-order valence-electron chi connectivity index (χ4n) is 3.29. The Morgan fingerprint density at radius 2 is 2.26 bits per heavy atom. The summed E-state index contributed by atoms with van der Waals surface area (Å²) in [5.74, 6) is 1.60. The van der Waals surface area contributed by atoms with Crippen LogP contribution in [0.5, 0.6) is 0 Å². The Bertz CT molecular complexity index is 432. The van der Waals surface area contributed by atoms with Gasteiger partial charge in [-0.2, -0.15) is 5.10 Å². The van der Waals surface area contributed by atoms with Gasteiger partial charge in [-0.25, -0.2) is 9.67 Å². The van der Waals surface area contributed by atoms with Gasteiger partial charge in [0, 0.05) is 6.04 Å². The molecule has 104 valence electrons. The summed E-state index contributed by atoms with van der Waals surface area (Å²) in [6, 6.07) is 0.0292. The molecule has 2 aliphatic rings. The maximum Gasteiger partial charge on any atom is 0.244 e. The van der Waals surface area contributed by atoms with E-state index in [1.807, 2.05) is 6.92 Å². The van der Waals surface area contributed by atoms with Crippen molar-refractivity contribution in [1.82, 2.24) is 25.4 Å². The van der Waals surface area contributed by atoms with E-state index in [9.17, 15) is 4.79 Å². The predicted molar refractivity (Wildman–Crippen MR) is 70.4 cm³/mol. The van der Waals surface area contributed by atoms with Crippen molar-refractivity contribution >= 4 is 5.91 Å². The van der Waals surface area contributed by atoms with Gasteiger partial charge in [-0.3, -0.25) is 4.79 Å². The summed E-state index contributed by atoms with van der Waals surface area (Å²) < 4.78 is 1.60. The zero-order chi connectivity index (χ0) is 13.2. The molecule has 2 heterocycles. The number of nitrogens with zero attached hydrogens (tertiary/aromatic N) is 3. The van der Waals surface area contributed by atoms with Crippen LogP contribution in [0.1, 0.15) is 32.2 Å². The Morgan fingerprint density at radius 3 is 3.05 bits per heavy atom. The Morgan fingerprint density at radius 1 is 1.42 bits per heavy atom. The van der Waals surface area contributed by atoms with E-state index in [1.54, 1.807) is 11.0 Å². The summed E-state index contributed by atoms with van der Waals surface area (Å²) in [7, 11) is 0. The van der Waals surface area contributed by atoms with Gasteiger partial charge in [0.1, 0.15) is 18.7 Å². The van der Waals surface area contributed by atoms with Crippen molar-refractivity contribution in [1.29, 1.82) is 0 Å². The van der Waals surface area contributed by atoms with E-state index < -0.39 is 0 Å². The molecule has 3 rings (SSSR count). The minimum Gasteiger partial charge on any atom is -0.352 e. The highest BCUT2D eigenvalue weighted by atomic mass is 16.2. The van der Waals surface area contributed by atoms with Crippen molar-refractivity contribution < 1.29 is 4.79 Å². The van der Waals surface area contributed by atoms with E-state index in [4.69, 9.17) is 0 Å². The summed E-state index contributed by atoms with van der Waals surface area (Å²) >= 11 is 0. The topological polar surface area (TPSA) is 71.8 Å². The highest BCUT2D eigenvalue weighted by molar-refractivity contribution is 5.80. The zero-order valence-corrected chi connectivity index (χ0v) is 11.2. The predicted octanol–water partition coefficient (Wildman–Crippen LogP) is 0.343. The molecule has 1 saturated heterocycles. The second-order valence-corrected chi connectivity index (χ2v) is 5.75. The second-order valence-electron chi connectivity index (χ2n) is 5.75. The Balaban J connectivity index is 1.55. The van der Waals surface area contributed by atoms with Gasteiger partial charge in [-0.05, 0) is 51.1 Å². The third kappa shape index (κ3) is 2.63. The fraction of sp³-hybridized carbons (Fsp3) is 0.769. The average Bonchev–Trinajstić information content (AvgIpc) is 3.08. The van der Waals surface area contributed by atoms with Crippen LogP contribution in [0.25, 0.3) is 0 Å². The molecular formula is C13H21N5O. The highest BCUT2D eigenvalue weighted by Crippen LogP contribution is 2.32. The van der Waals surface area contributed by atoms with Gasteiger partial charge in [-0.15, -0.1) is 0 Å². The van der Waals surface area contributed by atoms with Crippen LogP contribution in [0.4, 0.5) is 0 Å². The van der Waals surface area contributed by atoms with Gasteiger partial charge in [0.25, 0.3) is 0 Å². The molecule has 1 saturated carbocycles. The van der Waals surface area contributed by atoms with Crippen LogP contribution in [-0.4, -0.2) is 39.8 Å². The molecule has 1 aliphatic carbocycles. The first-order chi connectivity index (χ1) is 9.24. The molecule has 1 amide bonds. The van der Waals surface area contributed by atoms with Crippen LogP contribution >= 0.6 is 0 Å². The van der Waals surface area contributed by atoms with Crippen molar-refractivity contribution in [2.45, 2.75) is 38.3 Å². The minimum absolute atomic E-state index is 0.0416. The molecule has 2 fully saturated rings. The molecule has 6 heteroatoms. The number of hydrogen-bond acceptors (Lipinski definition) is 4. The van der Waals surface area contributed by atoms with Crippen LogP contribution in [-0.2, 0) is 4.79 Å². The molecule has 6 nitrogen and oxygen atoms in total. The van der Waals surface area contributed by atoms with E-state index in [0.717, 1.165) is 37.8 Å². The molecule has 4 atom stereocenters. The monoisotopic (exact) mass is 263 g/mol. The zero-order valence-electron chi connectivity index (χ0n) is 11.2. The van der Waals surface area contributed by atoms with Gasteiger partial charge in [0.05, 0.1) is 0 Å². The number of rotatable bonds is 3. The first-order valence-corrected chi connectivity index (χ1v) is 7.09. The van der Waals surface area contributed by atoms with Crippen molar-refractivity contribution in [3.63, 3.8) is 0 Å². The summed E-state index contributed by atoms with van der Waals surface area (Å²) in [6.45, 7) is 4.11. The van der Waals surface area contributed by atoms with Crippen LogP contribution in [0.3, 0.4) is 0 Å². The Hall–Kier alpha value is -1.43. The van der Waals surface area contributed by atoms with Crippen LogP contribution in [0.2, 0.25) is 0 Å². The van der Waals surface area contributed by atoms with E-state index in [1.165, 1.54) is 12.7 Å². The van der Waals surface area contributed by atoms with E-state index in [2.05, 4.69) is 20.7 Å². The standard InChI is InChI=1S/C13H21N5O/c1-9(18-8-15-7-16-18)13(19)17-12-3-2-10-5-14-6-11(10)4-12/h7-12,14H,2-6H2,1H3,(H,17,19)/t9?,10-,11+,12?/m0/s1. The third-order valence-corrected chi connectivity index (χ3v) is 4.51. The number of fused-ring (bicyclic) bond motifs is 1. The van der Waals surface area contributed by atoms with Gasteiger partial charge >= 0.3 is 0 Å². The van der Waals surface area contributed by atoms with Crippen molar-refractivity contribution in [2.24, 2.45) is 11.8 Å². The van der Waals surface area contributed by atoms with Crippen molar-refractivity contribution in [3.05, 3.63) is 12.7 Å². The quantitative estimate of drug-likeness (QED) is 0.825. The second kappa shape index (κ2) is 5.28. The van der Waals surface area contributed by atoms with Gasteiger partial charge in [0.2, 0.25) is 5.91 Å². The summed E-state index contributed by atoms with van der Waals surface area (Å²) in [5.41, 5.74) is 0. The normalized spacial score (nSPS) is 31.7. The Labute approximate surface area is 113 Å². The van der Waals surface area contributed by atoms with Crippen molar-refractivity contribution in [3.8, 4) is 0 Å². The van der Waals surface area contributed by atoms with E-state index in [0.29, 0.717) is 6.04 Å². The molecule has 2 unspecified atom stereocenters. The van der Waals surface area contributed by atoms with Crippen LogP contribution in [0, 0.1) is 11.8 Å². The first-order valence-electron chi connectivity index (χ1n) is 7.09. The maximum atomic E-state index is 12.2. The van der Waals surface area contributed by atoms with Gasteiger partial charge in [-0.1, -0.05) is 0 Å². The number of amides is 1. The highest BCUT2D eigenvalue weighted by Gasteiger charge is 2.34. The number of carbonyl (C=O) groups excluding carboxylic acids is 1. The smallest absolute Gasteiger partial charge is 0.244 e. The van der Waals surface area contributed by atoms with Crippen LogP contribution in [0.15, 0.2) is 12.7 Å². The van der Waals surface area contributed by atoms with E-state index in [-0.39, 0.29) is 11.9 Å². The number of aromatic nitrogens is 3. The molecule has 1 aliphatic heterocycles. The lowest BCUT2D eigenvalue weighted by molar-refractivity contribution is -0.125. The van der Waals surface area contributed by atoms with Gasteiger partial charge in [0.15, 0.2) is 0 Å². The SMILES string of the molecule is CC(C(=O)NC1CC[C@H]2CNC[C@H]2C1)n1cncn1. The van der Waals surface area contributed by atoms with E-state index >= 15 is 0 Å². The fourth-order valence-corrected chi connectivity index (χ4v) is 3.29. The number of hydrogen-bond donors (Lipinski definition) is 2. The molecule has 0 bridgehead atoms. The lowest BCUT2D eigenvalue weighted by Crippen LogP contribution is -2.43. The Kier molecular flexibility index (Phi) is 3.50. The third-order valence-electron chi connectivity index (χ3n) is 4.51. The van der Waals surface area contributed by atoms with Crippen molar-refractivity contribution in [2.75, 3.05) is 13.1 Å². The molecular weight excluding hydrogens is 242 g/mol. The average molecular weight is 263 g/mol. The molecule has 19 heavy (non-hydrogen) atoms. The largest absolute Gasteiger partial charge is 0.352 e. The first kappa shape index (κ1) is 12.6. The molecule has 0 spiro atoms. The molecule has 1 aromatic heterocycles. The molecule has 2 N–H and O–H groups in total. The molecule has 0 radical (unpaired) electrons. The maximum absolute atomic E-state index is 12.2.